The molecule has 384 valence electrons. The number of rotatable bonds is 1. The van der Waals surface area contributed by atoms with Crippen molar-refractivity contribution in [2.24, 2.45) is 0 Å². The summed E-state index contributed by atoms with van der Waals surface area (Å²) in [4.78, 5) is 0. The van der Waals surface area contributed by atoms with Crippen LogP contribution in [0.2, 0.25) is 0 Å². The van der Waals surface area contributed by atoms with E-state index in [0.717, 1.165) is 0 Å². The number of hydrogen-bond donors (Lipinski definition) is 0. The van der Waals surface area contributed by atoms with E-state index in [4.69, 9.17) is 0 Å². The van der Waals surface area contributed by atoms with Crippen molar-refractivity contribution in [2.45, 2.75) is 0 Å². The Hall–Kier alpha value is -11.0. The number of benzene rings is 18. The van der Waals surface area contributed by atoms with Crippen molar-refractivity contribution >= 4 is 196 Å². The van der Waals surface area contributed by atoms with Gasteiger partial charge in [0.2, 0.25) is 0 Å². The molecule has 2 aliphatic heterocycles. The molecule has 2 aromatic heterocycles. The van der Waals surface area contributed by atoms with Crippen molar-refractivity contribution in [3.8, 4) is 22.5 Å². The highest BCUT2D eigenvalue weighted by atomic mass is 15.0. The molecule has 0 N–H and O–H groups in total. The monoisotopic (exact) mass is 1070 g/mol. The minimum absolute atomic E-state index is 0.102. The first-order valence-corrected chi connectivity index (χ1v) is 29.9. The highest BCUT2D eigenvalue weighted by molar-refractivity contribution is 7.01. The van der Waals surface area contributed by atoms with Crippen LogP contribution in [0.4, 0.5) is 0 Å². The predicted molar refractivity (Wildman–Crippen MR) is 366 cm³/mol. The summed E-state index contributed by atoms with van der Waals surface area (Å²) in [6.45, 7) is -0.102. The third-order valence-corrected chi connectivity index (χ3v) is 20.7. The lowest BCUT2D eigenvalue weighted by Crippen LogP contribution is -2.59. The quantitative estimate of drug-likeness (QED) is 0.115. The van der Waals surface area contributed by atoms with Gasteiger partial charge in [-0.3, -0.25) is 0 Å². The van der Waals surface area contributed by atoms with Crippen molar-refractivity contribution in [3.05, 3.63) is 261 Å². The molecule has 0 aliphatic carbocycles. The van der Waals surface area contributed by atoms with Crippen LogP contribution < -0.4 is 16.4 Å². The standard InChI is InChI=1S/C82H43BN2/c1-4-23-55-49(17-1)52-20-7-10-26-58(52)74-62(55)38-40-69-78(74)79-76-60-28-12-9-22-54(60)51-19-3-6-25-57(51)64(76)43-67-82(79)85(69)71-30-14-29-70-80(71)83(67)66-42-63-56-24-5-2-18-50(56)53-21-8-11-27-59(53)75(63)77-65-41-47(35-39-68(65)84(70)81(66)77)48-36-33-46-32-31-44-15-13-16-45-34-37-61(48)73(46)72(44)45/h1-43H. The molecular weight excluding hydrogens is 1020 g/mol. The number of aromatic nitrogens is 2. The predicted octanol–water partition coefficient (Wildman–Crippen LogP) is 20.0. The summed E-state index contributed by atoms with van der Waals surface area (Å²) in [7, 11) is 0. The number of nitrogens with zero attached hydrogens (tertiary/aromatic N) is 2. The lowest BCUT2D eigenvalue weighted by Gasteiger charge is -2.34. The van der Waals surface area contributed by atoms with E-state index in [1.54, 1.807) is 0 Å². The maximum Gasteiger partial charge on any atom is 0.252 e. The van der Waals surface area contributed by atoms with Crippen LogP contribution in [0.25, 0.3) is 195 Å². The molecule has 2 aliphatic rings. The Bertz CT molecular complexity index is 6540. The van der Waals surface area contributed by atoms with E-state index in [-0.39, 0.29) is 6.71 Å². The molecule has 0 amide bonds. The van der Waals surface area contributed by atoms with Gasteiger partial charge in [-0.25, -0.2) is 0 Å². The molecule has 18 aromatic carbocycles. The summed E-state index contributed by atoms with van der Waals surface area (Å²) < 4.78 is 5.38. The maximum atomic E-state index is 2.70. The second kappa shape index (κ2) is 15.2. The molecule has 2 nitrogen and oxygen atoms in total. The van der Waals surface area contributed by atoms with Crippen LogP contribution in [-0.2, 0) is 0 Å². The SMILES string of the molecule is c1cc2c3c(c1)-n1c4ccc5c6ccccc6c6ccccc6c5c4c4c5c6ccccc6c6ccccc6c5cc(c41)B3c1cc3c4ccccc4c4ccccc4c3c3c4cc(-c5ccc6ccc7cccc8ccc5c6c78)ccc4n-2c13. The Morgan fingerprint density at radius 1 is 0.224 bits per heavy atom. The van der Waals surface area contributed by atoms with Crippen molar-refractivity contribution in [1.29, 1.82) is 0 Å². The van der Waals surface area contributed by atoms with Crippen molar-refractivity contribution in [2.75, 3.05) is 0 Å². The van der Waals surface area contributed by atoms with E-state index in [0.29, 0.717) is 0 Å². The summed E-state index contributed by atoms with van der Waals surface area (Å²) in [5.74, 6) is 0. The molecule has 0 radical (unpaired) electrons. The van der Waals surface area contributed by atoms with Crippen LogP contribution in [0.3, 0.4) is 0 Å². The first kappa shape index (κ1) is 43.7. The maximum absolute atomic E-state index is 2.70. The van der Waals surface area contributed by atoms with Gasteiger partial charge in [-0.05, 0) is 171 Å². The number of fused-ring (bicyclic) bond motifs is 31. The van der Waals surface area contributed by atoms with Crippen LogP contribution in [0, 0.1) is 0 Å². The van der Waals surface area contributed by atoms with Gasteiger partial charge in [-0.15, -0.1) is 0 Å². The smallest absolute Gasteiger partial charge is 0.252 e. The third-order valence-electron chi connectivity index (χ3n) is 20.7. The van der Waals surface area contributed by atoms with Gasteiger partial charge in [-0.1, -0.05) is 231 Å². The van der Waals surface area contributed by atoms with E-state index in [9.17, 15) is 0 Å². The van der Waals surface area contributed by atoms with Crippen LogP contribution in [0.15, 0.2) is 261 Å². The highest BCUT2D eigenvalue weighted by Crippen LogP contribution is 2.51. The topological polar surface area (TPSA) is 9.86 Å². The van der Waals surface area contributed by atoms with Gasteiger partial charge in [-0.2, -0.15) is 0 Å². The van der Waals surface area contributed by atoms with Gasteiger partial charge in [0.1, 0.15) is 0 Å². The Labute approximate surface area is 485 Å². The molecule has 0 saturated heterocycles. The molecule has 0 atom stereocenters. The van der Waals surface area contributed by atoms with Crippen molar-refractivity contribution < 1.29 is 0 Å². The molecule has 0 spiro atoms. The summed E-state index contributed by atoms with van der Waals surface area (Å²) in [5, 5.41) is 36.4. The van der Waals surface area contributed by atoms with E-state index < -0.39 is 0 Å². The zero-order valence-corrected chi connectivity index (χ0v) is 45.8. The fraction of sp³-hybridized carbons (Fsp3) is 0. The zero-order chi connectivity index (χ0) is 54.7. The van der Waals surface area contributed by atoms with Gasteiger partial charge in [0.15, 0.2) is 0 Å². The second-order valence-electron chi connectivity index (χ2n) is 24.4. The minimum atomic E-state index is -0.102. The molecular formula is C82H43BN2. The Morgan fingerprint density at radius 2 is 0.624 bits per heavy atom. The fourth-order valence-corrected chi connectivity index (χ4v) is 17.5. The first-order chi connectivity index (χ1) is 42.2. The first-order valence-electron chi connectivity index (χ1n) is 29.9. The van der Waals surface area contributed by atoms with Crippen LogP contribution >= 0.6 is 0 Å². The highest BCUT2D eigenvalue weighted by Gasteiger charge is 2.43. The van der Waals surface area contributed by atoms with Gasteiger partial charge < -0.3 is 9.13 Å². The molecule has 22 rings (SSSR count). The fourth-order valence-electron chi connectivity index (χ4n) is 17.5. The van der Waals surface area contributed by atoms with Gasteiger partial charge >= 0.3 is 0 Å². The lowest BCUT2D eigenvalue weighted by molar-refractivity contribution is 1.14. The summed E-state index contributed by atoms with van der Waals surface area (Å²) in [5.41, 5.74) is 14.1. The van der Waals surface area contributed by atoms with E-state index in [1.165, 1.54) is 212 Å². The summed E-state index contributed by atoms with van der Waals surface area (Å²) >= 11 is 0. The van der Waals surface area contributed by atoms with Crippen LogP contribution in [0.5, 0.6) is 0 Å². The van der Waals surface area contributed by atoms with Crippen molar-refractivity contribution in [3.63, 3.8) is 0 Å². The molecule has 4 heterocycles. The van der Waals surface area contributed by atoms with Gasteiger partial charge in [0, 0.05) is 49.1 Å². The normalized spacial score (nSPS) is 13.2. The Balaban J connectivity index is 0.961. The van der Waals surface area contributed by atoms with Crippen LogP contribution in [0.1, 0.15) is 0 Å². The lowest BCUT2D eigenvalue weighted by atomic mass is 9.34. The molecule has 3 heteroatoms. The average molecular weight is 1070 g/mol. The number of hydrogen-bond acceptors (Lipinski definition) is 0. The van der Waals surface area contributed by atoms with Gasteiger partial charge in [0.25, 0.3) is 6.71 Å². The summed E-state index contributed by atoms with van der Waals surface area (Å²) in [6.07, 6.45) is 0. The Morgan fingerprint density at radius 3 is 1.19 bits per heavy atom. The molecule has 0 bridgehead atoms. The largest absolute Gasteiger partial charge is 0.310 e. The molecule has 0 saturated carbocycles. The molecule has 85 heavy (non-hydrogen) atoms. The zero-order valence-electron chi connectivity index (χ0n) is 45.8. The molecule has 0 unspecified atom stereocenters. The molecule has 20 aromatic rings. The van der Waals surface area contributed by atoms with E-state index in [1.807, 2.05) is 0 Å². The van der Waals surface area contributed by atoms with E-state index in [2.05, 4.69) is 270 Å². The van der Waals surface area contributed by atoms with Crippen molar-refractivity contribution in [1.82, 2.24) is 9.13 Å². The summed E-state index contributed by atoms with van der Waals surface area (Å²) in [6, 6.07) is 101. The van der Waals surface area contributed by atoms with Crippen LogP contribution in [-0.4, -0.2) is 15.8 Å². The van der Waals surface area contributed by atoms with Gasteiger partial charge in [0.05, 0.1) is 22.1 Å². The minimum Gasteiger partial charge on any atom is -0.310 e. The average Bonchev–Trinajstić information content (AvgIpc) is 4.11. The third kappa shape index (κ3) is 5.12. The Kier molecular flexibility index (Phi) is 7.79. The van der Waals surface area contributed by atoms with E-state index >= 15 is 0 Å². The molecule has 0 fully saturated rings. The second-order valence-corrected chi connectivity index (χ2v) is 24.4.